The number of hydrogen-bond acceptors (Lipinski definition) is 4. The number of thiocarbonyl (C=S) groups is 1. The van der Waals surface area contributed by atoms with Crippen LogP contribution in [0, 0.1) is 0 Å². The third-order valence-electron chi connectivity index (χ3n) is 7.19. The highest BCUT2D eigenvalue weighted by Gasteiger charge is 2.42. The summed E-state index contributed by atoms with van der Waals surface area (Å²) in [7, 11) is 4.17. The lowest BCUT2D eigenvalue weighted by Gasteiger charge is -2.51. The lowest BCUT2D eigenvalue weighted by molar-refractivity contribution is 0.0972. The summed E-state index contributed by atoms with van der Waals surface area (Å²) in [6.07, 6.45) is 4.25. The van der Waals surface area contributed by atoms with Crippen molar-refractivity contribution < 1.29 is 0 Å². The Balaban J connectivity index is 1.85. The van der Waals surface area contributed by atoms with Gasteiger partial charge in [-0.05, 0) is 111 Å². The molecule has 0 unspecified atom stereocenters. The van der Waals surface area contributed by atoms with Gasteiger partial charge in [0.05, 0.1) is 0 Å². The van der Waals surface area contributed by atoms with Gasteiger partial charge in [0.1, 0.15) is 0 Å². The summed E-state index contributed by atoms with van der Waals surface area (Å²) in [5, 5.41) is 12.4. The van der Waals surface area contributed by atoms with Crippen LogP contribution in [-0.4, -0.2) is 58.3 Å². The Bertz CT molecular complexity index is 824. The topological polar surface area (TPSA) is 42.6 Å². The van der Waals surface area contributed by atoms with E-state index in [1.54, 1.807) is 0 Å². The van der Waals surface area contributed by atoms with E-state index < -0.39 is 0 Å². The Morgan fingerprint density at radius 3 is 1.71 bits per heavy atom. The Hall–Kier alpha value is -1.37. The first-order valence-corrected chi connectivity index (χ1v) is 13.3. The van der Waals surface area contributed by atoms with Gasteiger partial charge in [-0.15, -0.1) is 0 Å². The fourth-order valence-corrected chi connectivity index (χ4v) is 7.01. The first kappa shape index (κ1) is 27.2. The molecule has 3 rings (SSSR count). The monoisotopic (exact) mass is 487 g/mol. The predicted octanol–water partition coefficient (Wildman–Crippen LogP) is 5.05. The van der Waals surface area contributed by atoms with E-state index >= 15 is 0 Å². The van der Waals surface area contributed by atoms with Crippen molar-refractivity contribution in [2.45, 2.75) is 122 Å². The molecular formula is C28H49N5S. The Labute approximate surface area is 214 Å². The first-order chi connectivity index (χ1) is 15.5. The molecule has 0 aliphatic carbocycles. The number of nitrogens with zero attached hydrogens (tertiary/aromatic N) is 2. The summed E-state index contributed by atoms with van der Waals surface area (Å²) >= 11 is 6.17. The van der Waals surface area contributed by atoms with Gasteiger partial charge in [-0.2, -0.15) is 0 Å². The molecule has 2 heterocycles. The molecule has 0 aromatic heterocycles. The number of anilines is 1. The second kappa shape index (κ2) is 9.59. The van der Waals surface area contributed by atoms with Crippen LogP contribution in [0.4, 0.5) is 5.69 Å². The Morgan fingerprint density at radius 2 is 1.26 bits per heavy atom. The zero-order valence-corrected chi connectivity index (χ0v) is 24.1. The van der Waals surface area contributed by atoms with Crippen molar-refractivity contribution in [3.63, 3.8) is 0 Å². The molecule has 0 spiro atoms. The van der Waals surface area contributed by atoms with Crippen molar-refractivity contribution in [2.24, 2.45) is 0 Å². The molecule has 2 saturated heterocycles. The van der Waals surface area contributed by atoms with Gasteiger partial charge >= 0.3 is 0 Å². The van der Waals surface area contributed by atoms with Crippen molar-refractivity contribution in [2.75, 3.05) is 19.0 Å². The molecule has 0 radical (unpaired) electrons. The highest BCUT2D eigenvalue weighted by molar-refractivity contribution is 7.80. The van der Waals surface area contributed by atoms with Crippen LogP contribution in [0.5, 0.6) is 0 Å². The van der Waals surface area contributed by atoms with Crippen molar-refractivity contribution in [3.05, 3.63) is 29.8 Å². The number of piperidine rings is 2. The number of hydrogen-bond donors (Lipinski definition) is 3. The standard InChI is InChI=1S/C28H49N5S/c1-25(2)15-21(16-26(3,4)30-25)29-24(34)33(19-20-11-13-22(14-12-20)32(9)10)23-17-27(5,6)31-28(7,8)18-23/h11-14,21,23,30-31H,15-19H2,1-10H3,(H,29,34). The van der Waals surface area contributed by atoms with E-state index in [2.05, 4.69) is 120 Å². The maximum atomic E-state index is 6.17. The Morgan fingerprint density at radius 1 is 0.824 bits per heavy atom. The molecule has 2 fully saturated rings. The van der Waals surface area contributed by atoms with E-state index in [-0.39, 0.29) is 22.2 Å². The summed E-state index contributed by atoms with van der Waals surface area (Å²) in [5.41, 5.74) is 2.82. The molecule has 6 heteroatoms. The van der Waals surface area contributed by atoms with Gasteiger partial charge in [0.25, 0.3) is 0 Å². The van der Waals surface area contributed by atoms with Crippen LogP contribution < -0.4 is 20.9 Å². The van der Waals surface area contributed by atoms with E-state index in [0.717, 1.165) is 37.3 Å². The Kier molecular flexibility index (Phi) is 7.68. The SMILES string of the molecule is CN(C)c1ccc(CN(C(=S)NC2CC(C)(C)NC(C)(C)C2)C2CC(C)(C)NC(C)(C)C2)cc1. The van der Waals surface area contributed by atoms with Crippen LogP contribution in [0.25, 0.3) is 0 Å². The zero-order chi connectivity index (χ0) is 25.5. The highest BCUT2D eigenvalue weighted by Crippen LogP contribution is 2.33. The average molecular weight is 488 g/mol. The predicted molar refractivity (Wildman–Crippen MR) is 151 cm³/mol. The molecule has 2 aliphatic heterocycles. The fraction of sp³-hybridized carbons (Fsp3) is 0.750. The molecule has 34 heavy (non-hydrogen) atoms. The minimum Gasteiger partial charge on any atom is -0.378 e. The molecular weight excluding hydrogens is 438 g/mol. The maximum absolute atomic E-state index is 6.17. The van der Waals surface area contributed by atoms with Gasteiger partial charge in [0.15, 0.2) is 5.11 Å². The van der Waals surface area contributed by atoms with E-state index in [1.807, 2.05) is 0 Å². The summed E-state index contributed by atoms with van der Waals surface area (Å²) in [5.74, 6) is 0. The van der Waals surface area contributed by atoms with Crippen LogP contribution in [0.3, 0.4) is 0 Å². The molecule has 1 aromatic rings. The highest BCUT2D eigenvalue weighted by atomic mass is 32.1. The van der Waals surface area contributed by atoms with Crippen LogP contribution in [0.15, 0.2) is 24.3 Å². The van der Waals surface area contributed by atoms with Crippen molar-refractivity contribution in [1.82, 2.24) is 20.9 Å². The lowest BCUT2D eigenvalue weighted by atomic mass is 9.78. The second-order valence-corrected chi connectivity index (χ2v) is 14.0. The largest absolute Gasteiger partial charge is 0.378 e. The molecule has 1 aromatic carbocycles. The summed E-state index contributed by atoms with van der Waals surface area (Å²) in [6.45, 7) is 19.3. The third kappa shape index (κ3) is 7.32. The molecule has 5 nitrogen and oxygen atoms in total. The van der Waals surface area contributed by atoms with Gasteiger partial charge in [0, 0.05) is 60.6 Å². The summed E-state index contributed by atoms with van der Waals surface area (Å²) in [4.78, 5) is 4.62. The third-order valence-corrected chi connectivity index (χ3v) is 7.55. The smallest absolute Gasteiger partial charge is 0.169 e. The van der Waals surface area contributed by atoms with Gasteiger partial charge in [-0.3, -0.25) is 0 Å². The molecule has 0 amide bonds. The average Bonchev–Trinajstić information content (AvgIpc) is 2.61. The molecule has 0 saturated carbocycles. The van der Waals surface area contributed by atoms with Gasteiger partial charge < -0.3 is 25.8 Å². The van der Waals surface area contributed by atoms with E-state index in [1.165, 1.54) is 11.3 Å². The van der Waals surface area contributed by atoms with E-state index in [9.17, 15) is 0 Å². The van der Waals surface area contributed by atoms with Gasteiger partial charge in [0.2, 0.25) is 0 Å². The quantitative estimate of drug-likeness (QED) is 0.505. The van der Waals surface area contributed by atoms with Crippen LogP contribution in [-0.2, 0) is 6.54 Å². The van der Waals surface area contributed by atoms with Crippen LogP contribution in [0.2, 0.25) is 0 Å². The van der Waals surface area contributed by atoms with Crippen LogP contribution >= 0.6 is 12.2 Å². The van der Waals surface area contributed by atoms with E-state index in [0.29, 0.717) is 12.1 Å². The van der Waals surface area contributed by atoms with Crippen LogP contribution in [0.1, 0.15) is 86.6 Å². The minimum absolute atomic E-state index is 0.0633. The lowest BCUT2D eigenvalue weighted by Crippen LogP contribution is -2.65. The first-order valence-electron chi connectivity index (χ1n) is 12.9. The van der Waals surface area contributed by atoms with Crippen molar-refractivity contribution in [1.29, 1.82) is 0 Å². The summed E-state index contributed by atoms with van der Waals surface area (Å²) in [6, 6.07) is 9.65. The summed E-state index contributed by atoms with van der Waals surface area (Å²) < 4.78 is 0. The number of nitrogens with one attached hydrogen (secondary N) is 3. The van der Waals surface area contributed by atoms with Crippen molar-refractivity contribution in [3.8, 4) is 0 Å². The van der Waals surface area contributed by atoms with E-state index in [4.69, 9.17) is 12.2 Å². The van der Waals surface area contributed by atoms with Gasteiger partial charge in [-0.25, -0.2) is 0 Å². The van der Waals surface area contributed by atoms with Gasteiger partial charge in [-0.1, -0.05) is 12.1 Å². The molecule has 3 N–H and O–H groups in total. The minimum atomic E-state index is 0.0633. The molecule has 0 atom stereocenters. The number of benzene rings is 1. The second-order valence-electron chi connectivity index (χ2n) is 13.6. The number of rotatable bonds is 5. The normalized spacial score (nSPS) is 23.8. The molecule has 192 valence electrons. The fourth-order valence-electron chi connectivity index (χ4n) is 6.63. The zero-order valence-electron chi connectivity index (χ0n) is 23.3. The molecule has 0 bridgehead atoms. The molecule has 2 aliphatic rings. The maximum Gasteiger partial charge on any atom is 0.169 e. The van der Waals surface area contributed by atoms with Crippen molar-refractivity contribution >= 4 is 23.0 Å².